The van der Waals surface area contributed by atoms with Crippen LogP contribution in [0.25, 0.3) is 0 Å². The zero-order valence-electron chi connectivity index (χ0n) is 12.3. The monoisotopic (exact) mass is 351 g/mol. The van der Waals surface area contributed by atoms with Gasteiger partial charge in [0.2, 0.25) is 5.91 Å². The molecule has 0 spiro atoms. The molecule has 3 rings (SSSR count). The van der Waals surface area contributed by atoms with E-state index in [9.17, 15) is 4.79 Å². The van der Waals surface area contributed by atoms with E-state index in [1.807, 2.05) is 24.3 Å². The maximum Gasteiger partial charge on any atom is 0.238 e. The third-order valence-electron chi connectivity index (χ3n) is 4.70. The highest BCUT2D eigenvalue weighted by molar-refractivity contribution is 9.10. The van der Waals surface area contributed by atoms with Gasteiger partial charge in [-0.1, -0.05) is 28.9 Å². The normalized spacial score (nSPS) is 28.6. The Kier molecular flexibility index (Phi) is 4.62. The van der Waals surface area contributed by atoms with E-state index in [0.717, 1.165) is 36.2 Å². The van der Waals surface area contributed by atoms with Gasteiger partial charge in [-0.3, -0.25) is 9.69 Å². The fraction of sp³-hybridized carbons (Fsp3) is 0.562. The first-order valence-corrected chi connectivity index (χ1v) is 8.47. The van der Waals surface area contributed by atoms with Crippen LogP contribution in [0.1, 0.15) is 13.3 Å². The number of anilines is 1. The smallest absolute Gasteiger partial charge is 0.238 e. The molecule has 2 fully saturated rings. The number of amides is 1. The van der Waals surface area contributed by atoms with E-state index in [-0.39, 0.29) is 5.91 Å². The average Bonchev–Trinajstić information content (AvgIpc) is 2.98. The highest BCUT2D eigenvalue weighted by atomic mass is 79.9. The lowest BCUT2D eigenvalue weighted by atomic mass is 9.93. The molecule has 0 bridgehead atoms. The molecule has 1 amide bonds. The van der Waals surface area contributed by atoms with Gasteiger partial charge in [0.25, 0.3) is 0 Å². The van der Waals surface area contributed by atoms with Crippen LogP contribution in [0.4, 0.5) is 5.69 Å². The van der Waals surface area contributed by atoms with Gasteiger partial charge in [-0.15, -0.1) is 0 Å². The van der Waals surface area contributed by atoms with Crippen LogP contribution >= 0.6 is 15.9 Å². The molecule has 1 aromatic carbocycles. The summed E-state index contributed by atoms with van der Waals surface area (Å²) >= 11 is 3.43. The summed E-state index contributed by atoms with van der Waals surface area (Å²) < 4.78 is 0.980. The van der Waals surface area contributed by atoms with Crippen LogP contribution in [-0.4, -0.2) is 43.0 Å². The zero-order chi connectivity index (χ0) is 14.8. The van der Waals surface area contributed by atoms with Crippen molar-refractivity contribution in [2.75, 3.05) is 31.5 Å². The SMILES string of the molecule is CCC1C2CNCC2CN1CC(=O)Nc1cccc(Br)c1. The van der Waals surface area contributed by atoms with Crippen molar-refractivity contribution < 1.29 is 4.79 Å². The number of likely N-dealkylation sites (tertiary alicyclic amines) is 1. The number of carbonyl (C=O) groups excluding carboxylic acids is 1. The van der Waals surface area contributed by atoms with Gasteiger partial charge in [-0.2, -0.15) is 0 Å². The van der Waals surface area contributed by atoms with Crippen LogP contribution in [0, 0.1) is 11.8 Å². The minimum absolute atomic E-state index is 0.0829. The van der Waals surface area contributed by atoms with E-state index in [1.54, 1.807) is 0 Å². The van der Waals surface area contributed by atoms with E-state index in [2.05, 4.69) is 38.4 Å². The summed E-state index contributed by atoms with van der Waals surface area (Å²) in [6, 6.07) is 8.27. The van der Waals surface area contributed by atoms with Crippen molar-refractivity contribution >= 4 is 27.5 Å². The van der Waals surface area contributed by atoms with Crippen molar-refractivity contribution in [1.29, 1.82) is 0 Å². The Hall–Kier alpha value is -0.910. The van der Waals surface area contributed by atoms with Gasteiger partial charge in [0.1, 0.15) is 0 Å². The summed E-state index contributed by atoms with van der Waals surface area (Å²) in [5, 5.41) is 6.47. The predicted octanol–water partition coefficient (Wildman–Crippen LogP) is 2.32. The maximum absolute atomic E-state index is 12.3. The van der Waals surface area contributed by atoms with Crippen molar-refractivity contribution in [3.63, 3.8) is 0 Å². The zero-order valence-corrected chi connectivity index (χ0v) is 13.9. The molecule has 3 atom stereocenters. The highest BCUT2D eigenvalue weighted by Gasteiger charge is 2.43. The molecule has 2 aliphatic heterocycles. The average molecular weight is 352 g/mol. The molecule has 2 heterocycles. The van der Waals surface area contributed by atoms with Crippen molar-refractivity contribution in [3.05, 3.63) is 28.7 Å². The van der Waals surface area contributed by atoms with Crippen LogP contribution < -0.4 is 10.6 Å². The molecule has 0 aromatic heterocycles. The lowest BCUT2D eigenvalue weighted by Gasteiger charge is -2.26. The van der Waals surface area contributed by atoms with E-state index in [0.29, 0.717) is 24.4 Å². The molecule has 2 aliphatic rings. The highest BCUT2D eigenvalue weighted by Crippen LogP contribution is 2.33. The molecule has 2 saturated heterocycles. The molecule has 5 heteroatoms. The van der Waals surface area contributed by atoms with Gasteiger partial charge in [0.15, 0.2) is 0 Å². The predicted molar refractivity (Wildman–Crippen MR) is 88.3 cm³/mol. The Bertz CT molecular complexity index is 522. The number of nitrogens with zero attached hydrogens (tertiary/aromatic N) is 1. The number of fused-ring (bicyclic) bond motifs is 1. The molecular formula is C16H22BrN3O. The van der Waals surface area contributed by atoms with Crippen LogP contribution in [0.3, 0.4) is 0 Å². The summed E-state index contributed by atoms with van der Waals surface area (Å²) in [5.74, 6) is 1.52. The lowest BCUT2D eigenvalue weighted by molar-refractivity contribution is -0.117. The minimum Gasteiger partial charge on any atom is -0.325 e. The van der Waals surface area contributed by atoms with Crippen LogP contribution in [-0.2, 0) is 4.79 Å². The van der Waals surface area contributed by atoms with Crippen molar-refractivity contribution in [3.8, 4) is 0 Å². The van der Waals surface area contributed by atoms with Gasteiger partial charge >= 0.3 is 0 Å². The topological polar surface area (TPSA) is 44.4 Å². The second-order valence-corrected chi connectivity index (χ2v) is 6.96. The van der Waals surface area contributed by atoms with Crippen LogP contribution in [0.5, 0.6) is 0 Å². The van der Waals surface area contributed by atoms with Crippen LogP contribution in [0.2, 0.25) is 0 Å². The van der Waals surface area contributed by atoms with E-state index >= 15 is 0 Å². The Balaban J connectivity index is 1.60. The number of benzene rings is 1. The van der Waals surface area contributed by atoms with Crippen molar-refractivity contribution in [1.82, 2.24) is 10.2 Å². The number of carbonyl (C=O) groups is 1. The first-order chi connectivity index (χ1) is 10.2. The van der Waals surface area contributed by atoms with E-state index < -0.39 is 0 Å². The van der Waals surface area contributed by atoms with Gasteiger partial charge < -0.3 is 10.6 Å². The quantitative estimate of drug-likeness (QED) is 0.874. The lowest BCUT2D eigenvalue weighted by Crippen LogP contribution is -2.40. The number of hydrogen-bond acceptors (Lipinski definition) is 3. The summed E-state index contributed by atoms with van der Waals surface area (Å²) in [6.07, 6.45) is 1.12. The third kappa shape index (κ3) is 3.30. The third-order valence-corrected chi connectivity index (χ3v) is 5.19. The van der Waals surface area contributed by atoms with Gasteiger partial charge in [0, 0.05) is 22.7 Å². The largest absolute Gasteiger partial charge is 0.325 e. The molecule has 1 aromatic rings. The minimum atomic E-state index is 0.0829. The Morgan fingerprint density at radius 2 is 2.33 bits per heavy atom. The van der Waals surface area contributed by atoms with E-state index in [1.165, 1.54) is 0 Å². The Morgan fingerprint density at radius 1 is 1.48 bits per heavy atom. The Labute approximate surface area is 134 Å². The number of rotatable bonds is 4. The van der Waals surface area contributed by atoms with Crippen molar-refractivity contribution in [2.45, 2.75) is 19.4 Å². The molecule has 0 saturated carbocycles. The first kappa shape index (κ1) is 15.0. The fourth-order valence-corrected chi connectivity index (χ4v) is 4.20. The van der Waals surface area contributed by atoms with Crippen molar-refractivity contribution in [2.24, 2.45) is 11.8 Å². The Morgan fingerprint density at radius 3 is 3.10 bits per heavy atom. The maximum atomic E-state index is 12.3. The molecular weight excluding hydrogens is 330 g/mol. The molecule has 3 unspecified atom stereocenters. The molecule has 0 aliphatic carbocycles. The first-order valence-electron chi connectivity index (χ1n) is 7.67. The van der Waals surface area contributed by atoms with Gasteiger partial charge in [-0.05, 0) is 49.5 Å². The molecule has 2 N–H and O–H groups in total. The molecule has 114 valence electrons. The summed E-state index contributed by atoms with van der Waals surface area (Å²) in [5.41, 5.74) is 0.850. The summed E-state index contributed by atoms with van der Waals surface area (Å²) in [4.78, 5) is 14.6. The number of halogens is 1. The molecule has 4 nitrogen and oxygen atoms in total. The van der Waals surface area contributed by atoms with Gasteiger partial charge in [-0.25, -0.2) is 0 Å². The number of nitrogens with one attached hydrogen (secondary N) is 2. The van der Waals surface area contributed by atoms with Gasteiger partial charge in [0.05, 0.1) is 6.54 Å². The fourth-order valence-electron chi connectivity index (χ4n) is 3.80. The molecule has 21 heavy (non-hydrogen) atoms. The number of hydrogen-bond donors (Lipinski definition) is 2. The summed E-state index contributed by atoms with van der Waals surface area (Å²) in [6.45, 7) is 5.97. The van der Waals surface area contributed by atoms with Crippen LogP contribution in [0.15, 0.2) is 28.7 Å². The molecule has 0 radical (unpaired) electrons. The second kappa shape index (κ2) is 6.46. The summed E-state index contributed by atoms with van der Waals surface area (Å²) in [7, 11) is 0. The standard InChI is InChI=1S/C16H22BrN3O/c1-2-15-14-8-18-7-11(14)9-20(15)10-16(21)19-13-5-3-4-12(17)6-13/h3-6,11,14-15,18H,2,7-10H2,1H3,(H,19,21). The van der Waals surface area contributed by atoms with E-state index in [4.69, 9.17) is 0 Å². The second-order valence-electron chi connectivity index (χ2n) is 6.05.